The Morgan fingerprint density at radius 3 is 2.71 bits per heavy atom. The third-order valence-corrected chi connectivity index (χ3v) is 5.40. The molecule has 0 saturated carbocycles. The van der Waals surface area contributed by atoms with Crippen LogP contribution in [0.15, 0.2) is 42.5 Å². The normalized spacial score (nSPS) is 17.8. The number of carbonyl (C=O) groups is 2. The highest BCUT2D eigenvalue weighted by Crippen LogP contribution is 2.32. The minimum Gasteiger partial charge on any atom is -0.493 e. The second-order valence-electron chi connectivity index (χ2n) is 7.35. The number of para-hydroxylation sites is 1. The van der Waals surface area contributed by atoms with Crippen LogP contribution in [0.1, 0.15) is 28.4 Å². The number of benzene rings is 2. The first-order valence-electron chi connectivity index (χ1n) is 10.3. The Hall–Kier alpha value is -3.26. The Morgan fingerprint density at radius 2 is 1.90 bits per heavy atom. The molecule has 8 nitrogen and oxygen atoms in total. The summed E-state index contributed by atoms with van der Waals surface area (Å²) in [6.45, 7) is 2.66. The van der Waals surface area contributed by atoms with Crippen LogP contribution < -0.4 is 19.5 Å². The van der Waals surface area contributed by atoms with E-state index in [0.29, 0.717) is 56.4 Å². The van der Waals surface area contributed by atoms with Crippen molar-refractivity contribution in [1.29, 1.82) is 0 Å². The van der Waals surface area contributed by atoms with E-state index < -0.39 is 0 Å². The van der Waals surface area contributed by atoms with Crippen molar-refractivity contribution < 1.29 is 28.5 Å². The first-order chi connectivity index (χ1) is 15.2. The minimum atomic E-state index is -0.212. The van der Waals surface area contributed by atoms with E-state index >= 15 is 0 Å². The fourth-order valence-corrected chi connectivity index (χ4v) is 3.71. The third-order valence-electron chi connectivity index (χ3n) is 5.40. The number of fused-ring (bicyclic) bond motifs is 1. The zero-order chi connectivity index (χ0) is 21.6. The minimum absolute atomic E-state index is 0.0965. The van der Waals surface area contributed by atoms with Crippen LogP contribution >= 0.6 is 0 Å². The van der Waals surface area contributed by atoms with Gasteiger partial charge in [-0.25, -0.2) is 0 Å². The van der Waals surface area contributed by atoms with Crippen LogP contribution in [0.5, 0.6) is 17.2 Å². The Balaban J connectivity index is 1.40. The number of amides is 2. The lowest BCUT2D eigenvalue weighted by Gasteiger charge is -2.27. The van der Waals surface area contributed by atoms with Crippen molar-refractivity contribution in [3.8, 4) is 17.2 Å². The molecule has 0 radical (unpaired) electrons. The van der Waals surface area contributed by atoms with E-state index in [2.05, 4.69) is 5.32 Å². The van der Waals surface area contributed by atoms with Crippen molar-refractivity contribution in [2.45, 2.75) is 12.5 Å². The molecule has 0 aliphatic carbocycles. The molecule has 1 saturated heterocycles. The summed E-state index contributed by atoms with van der Waals surface area (Å²) < 4.78 is 22.0. The van der Waals surface area contributed by atoms with Gasteiger partial charge in [-0.3, -0.25) is 9.59 Å². The van der Waals surface area contributed by atoms with Gasteiger partial charge in [0.05, 0.1) is 33.0 Å². The summed E-state index contributed by atoms with van der Waals surface area (Å²) in [7, 11) is 1.50. The Morgan fingerprint density at radius 1 is 1.10 bits per heavy atom. The van der Waals surface area contributed by atoms with Crippen LogP contribution in [0, 0.1) is 0 Å². The van der Waals surface area contributed by atoms with E-state index in [-0.39, 0.29) is 24.5 Å². The summed E-state index contributed by atoms with van der Waals surface area (Å²) in [5, 5.41) is 3.07. The lowest BCUT2D eigenvalue weighted by atomic mass is 10.00. The molecule has 0 bridgehead atoms. The monoisotopic (exact) mass is 426 g/mol. The lowest BCUT2D eigenvalue weighted by Crippen LogP contribution is -2.43. The van der Waals surface area contributed by atoms with Crippen molar-refractivity contribution in [2.24, 2.45) is 0 Å². The van der Waals surface area contributed by atoms with Crippen molar-refractivity contribution in [3.05, 3.63) is 53.6 Å². The van der Waals surface area contributed by atoms with Crippen molar-refractivity contribution in [3.63, 3.8) is 0 Å². The molecule has 0 aromatic heterocycles. The zero-order valence-electron chi connectivity index (χ0n) is 17.5. The predicted octanol–water partition coefficient (Wildman–Crippen LogP) is 2.19. The molecule has 31 heavy (non-hydrogen) atoms. The number of nitrogens with one attached hydrogen (secondary N) is 1. The van der Waals surface area contributed by atoms with Crippen LogP contribution in [0.25, 0.3) is 0 Å². The van der Waals surface area contributed by atoms with E-state index in [1.165, 1.54) is 7.11 Å². The molecule has 2 aromatic rings. The van der Waals surface area contributed by atoms with Crippen LogP contribution in [0.4, 0.5) is 0 Å². The average Bonchev–Trinajstić information content (AvgIpc) is 2.83. The maximum atomic E-state index is 12.9. The highest BCUT2D eigenvalue weighted by atomic mass is 16.5. The van der Waals surface area contributed by atoms with Crippen molar-refractivity contribution in [1.82, 2.24) is 10.2 Å². The molecule has 2 amide bonds. The quantitative estimate of drug-likeness (QED) is 0.762. The predicted molar refractivity (Wildman–Crippen MR) is 113 cm³/mol. The maximum absolute atomic E-state index is 12.9. The Kier molecular flexibility index (Phi) is 6.57. The number of carbonyl (C=O) groups excluding carboxylic acids is 2. The van der Waals surface area contributed by atoms with Gasteiger partial charge in [-0.15, -0.1) is 0 Å². The number of morpholine rings is 1. The molecule has 1 N–H and O–H groups in total. The largest absolute Gasteiger partial charge is 0.493 e. The molecule has 1 fully saturated rings. The standard InChI is InChI=1S/C23H26N2O6/c1-28-21-14-16(6-7-20(21)31-15-22(26)25-9-12-29-13-10-25)23(27)24-18-8-11-30-19-5-3-2-4-17(18)19/h2-7,14,18H,8-13,15H2,1H3,(H,24,27). The third kappa shape index (κ3) is 4.91. The molecule has 2 aliphatic heterocycles. The lowest BCUT2D eigenvalue weighted by molar-refractivity contribution is -0.137. The molecular weight excluding hydrogens is 400 g/mol. The van der Waals surface area contributed by atoms with Gasteiger partial charge in [0, 0.05) is 30.6 Å². The Labute approximate surface area is 181 Å². The zero-order valence-corrected chi connectivity index (χ0v) is 17.5. The molecule has 2 heterocycles. The van der Waals surface area contributed by atoms with Crippen molar-refractivity contribution >= 4 is 11.8 Å². The smallest absolute Gasteiger partial charge is 0.260 e. The van der Waals surface area contributed by atoms with Gasteiger partial charge in [0.15, 0.2) is 18.1 Å². The van der Waals surface area contributed by atoms with Crippen LogP contribution in [0.2, 0.25) is 0 Å². The SMILES string of the molecule is COc1cc(C(=O)NC2CCOc3ccccc32)ccc1OCC(=O)N1CCOCC1. The second-order valence-corrected chi connectivity index (χ2v) is 7.35. The first kappa shape index (κ1) is 21.0. The van der Waals surface area contributed by atoms with Gasteiger partial charge in [0.1, 0.15) is 5.75 Å². The van der Waals surface area contributed by atoms with Crippen LogP contribution in [-0.2, 0) is 9.53 Å². The summed E-state index contributed by atoms with van der Waals surface area (Å²) in [6, 6.07) is 12.5. The summed E-state index contributed by atoms with van der Waals surface area (Å²) >= 11 is 0. The Bertz CT molecular complexity index is 941. The van der Waals surface area contributed by atoms with Crippen molar-refractivity contribution in [2.75, 3.05) is 46.6 Å². The molecule has 2 aromatic carbocycles. The summed E-state index contributed by atoms with van der Waals surface area (Å²) in [4.78, 5) is 26.9. The highest BCUT2D eigenvalue weighted by Gasteiger charge is 2.24. The van der Waals surface area contributed by atoms with Gasteiger partial charge < -0.3 is 29.2 Å². The molecule has 0 spiro atoms. The van der Waals surface area contributed by atoms with E-state index in [1.54, 1.807) is 23.1 Å². The number of rotatable bonds is 6. The number of ether oxygens (including phenoxy) is 4. The fourth-order valence-electron chi connectivity index (χ4n) is 3.71. The number of methoxy groups -OCH3 is 1. The van der Waals surface area contributed by atoms with Crippen LogP contribution in [-0.4, -0.2) is 63.3 Å². The van der Waals surface area contributed by atoms with Gasteiger partial charge in [-0.1, -0.05) is 18.2 Å². The average molecular weight is 426 g/mol. The molecule has 164 valence electrons. The maximum Gasteiger partial charge on any atom is 0.260 e. The number of hydrogen-bond donors (Lipinski definition) is 1. The molecule has 1 atom stereocenters. The summed E-state index contributed by atoms with van der Waals surface area (Å²) in [5.41, 5.74) is 1.42. The number of nitrogens with zero attached hydrogens (tertiary/aromatic N) is 1. The topological polar surface area (TPSA) is 86.3 Å². The van der Waals surface area contributed by atoms with Gasteiger partial charge in [0.25, 0.3) is 11.8 Å². The van der Waals surface area contributed by atoms with Crippen LogP contribution in [0.3, 0.4) is 0 Å². The molecule has 1 unspecified atom stereocenters. The van der Waals surface area contributed by atoms with Gasteiger partial charge in [-0.05, 0) is 24.3 Å². The second kappa shape index (κ2) is 9.70. The van der Waals surface area contributed by atoms with E-state index in [0.717, 1.165) is 11.3 Å². The molecule has 4 rings (SSSR count). The van der Waals surface area contributed by atoms with E-state index in [1.807, 2.05) is 24.3 Å². The molecule has 2 aliphatic rings. The van der Waals surface area contributed by atoms with Gasteiger partial charge in [0.2, 0.25) is 0 Å². The first-order valence-corrected chi connectivity index (χ1v) is 10.3. The van der Waals surface area contributed by atoms with E-state index in [9.17, 15) is 9.59 Å². The number of hydrogen-bond acceptors (Lipinski definition) is 6. The van der Waals surface area contributed by atoms with E-state index in [4.69, 9.17) is 18.9 Å². The summed E-state index contributed by atoms with van der Waals surface area (Å²) in [6.07, 6.45) is 0.699. The summed E-state index contributed by atoms with van der Waals surface area (Å²) in [5.74, 6) is 1.29. The highest BCUT2D eigenvalue weighted by molar-refractivity contribution is 5.95. The van der Waals surface area contributed by atoms with Gasteiger partial charge in [-0.2, -0.15) is 0 Å². The van der Waals surface area contributed by atoms with Gasteiger partial charge >= 0.3 is 0 Å². The molecule has 8 heteroatoms. The fraction of sp³-hybridized carbons (Fsp3) is 0.391. The molecular formula is C23H26N2O6.